The zero-order valence-corrected chi connectivity index (χ0v) is 19.3. The summed E-state index contributed by atoms with van der Waals surface area (Å²) in [6.07, 6.45) is -0.728. The van der Waals surface area contributed by atoms with E-state index in [1.165, 1.54) is 0 Å². The molecule has 0 unspecified atom stereocenters. The zero-order chi connectivity index (χ0) is 26.4. The quantitative estimate of drug-likeness (QED) is 0.103. The van der Waals surface area contributed by atoms with Crippen LogP contribution in [0.15, 0.2) is 0 Å². The minimum absolute atomic E-state index is 0.0410. The first-order chi connectivity index (χ1) is 15.8. The van der Waals surface area contributed by atoms with Gasteiger partial charge in [0, 0.05) is 6.42 Å². The van der Waals surface area contributed by atoms with Gasteiger partial charge in [-0.05, 0) is 38.1 Å². The molecule has 14 nitrogen and oxygen atoms in total. The summed E-state index contributed by atoms with van der Waals surface area (Å²) in [7, 11) is 0. The summed E-state index contributed by atoms with van der Waals surface area (Å²) >= 11 is 0. The summed E-state index contributed by atoms with van der Waals surface area (Å²) in [5, 5.41) is 33.8. The highest BCUT2D eigenvalue weighted by Crippen LogP contribution is 2.07. The largest absolute Gasteiger partial charge is 0.481 e. The van der Waals surface area contributed by atoms with Gasteiger partial charge in [-0.25, -0.2) is 4.79 Å². The fourth-order valence-corrected chi connectivity index (χ4v) is 2.79. The van der Waals surface area contributed by atoms with E-state index < -0.39 is 72.6 Å². The third-order valence-electron chi connectivity index (χ3n) is 4.87. The van der Waals surface area contributed by atoms with Crippen LogP contribution in [0.3, 0.4) is 0 Å². The molecule has 10 N–H and O–H groups in total. The summed E-state index contributed by atoms with van der Waals surface area (Å²) in [5.74, 6) is -7.00. The third-order valence-corrected chi connectivity index (χ3v) is 4.87. The summed E-state index contributed by atoms with van der Waals surface area (Å²) in [5.41, 5.74) is 11.2. The van der Waals surface area contributed by atoms with E-state index in [2.05, 4.69) is 16.0 Å². The minimum atomic E-state index is -1.73. The second-order valence-electron chi connectivity index (χ2n) is 8.11. The first-order valence-corrected chi connectivity index (χ1v) is 10.8. The monoisotopic (exact) mass is 489 g/mol. The lowest BCUT2D eigenvalue weighted by Crippen LogP contribution is -2.57. The van der Waals surface area contributed by atoms with Crippen molar-refractivity contribution in [1.29, 1.82) is 0 Å². The molecular formula is C20H35N5O9. The van der Waals surface area contributed by atoms with E-state index in [0.717, 1.165) is 0 Å². The Morgan fingerprint density at radius 3 is 1.68 bits per heavy atom. The Balaban J connectivity index is 5.60. The number of amides is 3. The molecule has 0 fully saturated rings. The van der Waals surface area contributed by atoms with Crippen LogP contribution in [0, 0.1) is 5.92 Å². The predicted octanol–water partition coefficient (Wildman–Crippen LogP) is -2.02. The number of hydrogen-bond donors (Lipinski definition) is 8. The van der Waals surface area contributed by atoms with E-state index in [4.69, 9.17) is 26.8 Å². The van der Waals surface area contributed by atoms with Crippen molar-refractivity contribution in [3.05, 3.63) is 0 Å². The molecule has 0 aliphatic heterocycles. The lowest BCUT2D eigenvalue weighted by atomic mass is 10.0. The number of carbonyl (C=O) groups excluding carboxylic acids is 3. The highest BCUT2D eigenvalue weighted by Gasteiger charge is 2.31. The van der Waals surface area contributed by atoms with Gasteiger partial charge in [0.15, 0.2) is 0 Å². The van der Waals surface area contributed by atoms with Crippen molar-refractivity contribution in [3.8, 4) is 0 Å². The van der Waals surface area contributed by atoms with Crippen LogP contribution in [0.5, 0.6) is 0 Å². The van der Waals surface area contributed by atoms with Crippen LogP contribution in [0.4, 0.5) is 0 Å². The Morgan fingerprint density at radius 2 is 1.24 bits per heavy atom. The lowest BCUT2D eigenvalue weighted by molar-refractivity contribution is -0.147. The molecule has 0 saturated heterocycles. The maximum absolute atomic E-state index is 12.9. The molecular weight excluding hydrogens is 454 g/mol. The van der Waals surface area contributed by atoms with E-state index in [1.807, 2.05) is 0 Å². The maximum atomic E-state index is 12.9. The molecule has 0 aliphatic rings. The average molecular weight is 490 g/mol. The molecule has 3 amide bonds. The topological polar surface area (TPSA) is 251 Å². The second-order valence-corrected chi connectivity index (χ2v) is 8.11. The molecule has 0 aromatic heterocycles. The first kappa shape index (κ1) is 30.7. The number of carboxylic acid groups (broad SMARTS) is 3. The third kappa shape index (κ3) is 12.1. The van der Waals surface area contributed by atoms with Gasteiger partial charge in [0.1, 0.15) is 18.1 Å². The smallest absolute Gasteiger partial charge is 0.326 e. The molecule has 0 saturated carbocycles. The first-order valence-electron chi connectivity index (χ1n) is 10.8. The molecule has 0 rings (SSSR count). The number of hydrogen-bond acceptors (Lipinski definition) is 8. The van der Waals surface area contributed by atoms with Crippen LogP contribution in [-0.2, 0) is 28.8 Å². The minimum Gasteiger partial charge on any atom is -0.481 e. The van der Waals surface area contributed by atoms with Crippen LogP contribution in [0.25, 0.3) is 0 Å². The van der Waals surface area contributed by atoms with Crippen molar-refractivity contribution in [2.24, 2.45) is 17.4 Å². The summed E-state index contributed by atoms with van der Waals surface area (Å²) < 4.78 is 0. The predicted molar refractivity (Wildman–Crippen MR) is 118 cm³/mol. The normalized spacial score (nSPS) is 14.4. The van der Waals surface area contributed by atoms with E-state index in [0.29, 0.717) is 19.4 Å². The van der Waals surface area contributed by atoms with Crippen molar-refractivity contribution >= 4 is 35.6 Å². The maximum Gasteiger partial charge on any atom is 0.326 e. The molecule has 0 heterocycles. The molecule has 0 radical (unpaired) electrons. The van der Waals surface area contributed by atoms with E-state index in [1.54, 1.807) is 13.8 Å². The number of aliphatic carboxylic acids is 3. The SMILES string of the molecule is CC(C)[C@H](N)C(=O)N[C@@H](CCC(=O)O)C(=O)N[C@@H](CCCCN)C(=O)N[C@@H](CC(=O)O)C(=O)O. The van der Waals surface area contributed by atoms with Gasteiger partial charge in [-0.15, -0.1) is 0 Å². The van der Waals surface area contributed by atoms with Crippen molar-refractivity contribution in [2.75, 3.05) is 6.54 Å². The standard InChI is InChI=1S/C20H35N5O9/c1-10(2)16(22)19(32)24-12(6-7-14(26)27)18(31)23-11(5-3-4-8-21)17(30)25-13(20(33)34)9-15(28)29/h10-13,16H,3-9,21-22H2,1-2H3,(H,23,31)(H,24,32)(H,25,30)(H,26,27)(H,28,29)(H,33,34)/t11-,12-,13-,16-/m0/s1. The molecule has 4 atom stereocenters. The number of rotatable bonds is 17. The number of nitrogens with two attached hydrogens (primary N) is 2. The van der Waals surface area contributed by atoms with Gasteiger partial charge in [0.2, 0.25) is 17.7 Å². The van der Waals surface area contributed by atoms with E-state index in [9.17, 15) is 28.8 Å². The van der Waals surface area contributed by atoms with Crippen molar-refractivity contribution in [2.45, 2.75) is 76.5 Å². The highest BCUT2D eigenvalue weighted by atomic mass is 16.4. The molecule has 34 heavy (non-hydrogen) atoms. The number of carbonyl (C=O) groups is 6. The van der Waals surface area contributed by atoms with Crippen LogP contribution < -0.4 is 27.4 Å². The van der Waals surface area contributed by atoms with Crippen LogP contribution in [0.1, 0.15) is 52.4 Å². The Morgan fingerprint density at radius 1 is 0.735 bits per heavy atom. The van der Waals surface area contributed by atoms with Crippen molar-refractivity contribution < 1.29 is 44.1 Å². The van der Waals surface area contributed by atoms with E-state index >= 15 is 0 Å². The van der Waals surface area contributed by atoms with Crippen LogP contribution in [0.2, 0.25) is 0 Å². The van der Waals surface area contributed by atoms with Gasteiger partial charge < -0.3 is 42.7 Å². The van der Waals surface area contributed by atoms with Crippen LogP contribution in [-0.4, -0.2) is 81.7 Å². The number of nitrogens with one attached hydrogen (secondary N) is 3. The van der Waals surface area contributed by atoms with Gasteiger partial charge >= 0.3 is 17.9 Å². The van der Waals surface area contributed by atoms with E-state index in [-0.39, 0.29) is 18.8 Å². The summed E-state index contributed by atoms with van der Waals surface area (Å²) in [6, 6.07) is -5.30. The fraction of sp³-hybridized carbons (Fsp3) is 0.700. The molecule has 14 heteroatoms. The van der Waals surface area contributed by atoms with Crippen molar-refractivity contribution in [3.63, 3.8) is 0 Å². The fourth-order valence-electron chi connectivity index (χ4n) is 2.79. The Kier molecular flexibility index (Phi) is 14.1. The number of carboxylic acids is 3. The summed E-state index contributed by atoms with van der Waals surface area (Å²) in [4.78, 5) is 71.0. The molecule has 0 aromatic rings. The summed E-state index contributed by atoms with van der Waals surface area (Å²) in [6.45, 7) is 3.66. The van der Waals surface area contributed by atoms with Gasteiger partial charge in [-0.1, -0.05) is 13.8 Å². The highest BCUT2D eigenvalue weighted by molar-refractivity contribution is 5.94. The Hall–Kier alpha value is -3.26. The Bertz CT molecular complexity index is 744. The second kappa shape index (κ2) is 15.6. The Labute approximate surface area is 196 Å². The van der Waals surface area contributed by atoms with Crippen LogP contribution >= 0.6 is 0 Å². The molecule has 0 aromatic carbocycles. The van der Waals surface area contributed by atoms with Gasteiger partial charge in [-0.3, -0.25) is 24.0 Å². The molecule has 0 aliphatic carbocycles. The average Bonchev–Trinajstić information content (AvgIpc) is 2.73. The molecule has 194 valence electrons. The van der Waals surface area contributed by atoms with Gasteiger partial charge in [-0.2, -0.15) is 0 Å². The van der Waals surface area contributed by atoms with Gasteiger partial charge in [0.05, 0.1) is 12.5 Å². The zero-order valence-electron chi connectivity index (χ0n) is 19.3. The molecule has 0 bridgehead atoms. The van der Waals surface area contributed by atoms with Crippen molar-refractivity contribution in [1.82, 2.24) is 16.0 Å². The lowest BCUT2D eigenvalue weighted by Gasteiger charge is -2.25. The van der Waals surface area contributed by atoms with Gasteiger partial charge in [0.25, 0.3) is 0 Å². The number of unbranched alkanes of at least 4 members (excludes halogenated alkanes) is 1. The molecule has 0 spiro atoms.